The molecule has 0 aliphatic carbocycles. The van der Waals surface area contributed by atoms with Crippen LogP contribution in [-0.2, 0) is 4.74 Å². The van der Waals surface area contributed by atoms with Crippen LogP contribution in [0, 0.1) is 0 Å². The number of allylic oxidation sites excluding steroid dienone is 2. The molecule has 0 fully saturated rings. The molecule has 10 heavy (non-hydrogen) atoms. The average Bonchev–Trinajstić information content (AvgIpc) is 1.97. The van der Waals surface area contributed by atoms with Gasteiger partial charge in [0, 0.05) is 0 Å². The van der Waals surface area contributed by atoms with E-state index in [1.165, 1.54) is 12.8 Å². The first-order valence-corrected chi connectivity index (χ1v) is 3.70. The van der Waals surface area contributed by atoms with Gasteiger partial charge in [-0.3, -0.25) is 0 Å². The van der Waals surface area contributed by atoms with Crippen molar-refractivity contribution in [1.82, 2.24) is 0 Å². The summed E-state index contributed by atoms with van der Waals surface area (Å²) in [6.45, 7) is 3.65. The van der Waals surface area contributed by atoms with E-state index in [9.17, 15) is 0 Å². The monoisotopic (exact) mass is 140 g/mol. The van der Waals surface area contributed by atoms with Crippen LogP contribution in [0.1, 0.15) is 25.7 Å². The first-order valence-electron chi connectivity index (χ1n) is 3.70. The number of hydrogen-bond donors (Lipinski definition) is 0. The van der Waals surface area contributed by atoms with Gasteiger partial charge in [0.15, 0.2) is 0 Å². The summed E-state index contributed by atoms with van der Waals surface area (Å²) in [4.78, 5) is 0. The maximum Gasteiger partial charge on any atom is 0.0784 e. The van der Waals surface area contributed by atoms with Crippen LogP contribution in [0.25, 0.3) is 0 Å². The Balaban J connectivity index is 2.89. The lowest BCUT2D eigenvalue weighted by Crippen LogP contribution is -1.72. The Morgan fingerprint density at radius 1 is 1.30 bits per heavy atom. The molecule has 0 aliphatic heterocycles. The zero-order chi connectivity index (χ0) is 7.66. The summed E-state index contributed by atoms with van der Waals surface area (Å²) in [6.07, 6.45) is 10.4. The Hall–Kier alpha value is -0.720. The van der Waals surface area contributed by atoms with Crippen LogP contribution in [0.2, 0.25) is 0 Å². The number of ether oxygens (including phenoxy) is 1. The molecule has 0 rings (SSSR count). The molecule has 0 aromatic rings. The average molecular weight is 140 g/mol. The third-order valence-electron chi connectivity index (χ3n) is 1.26. The predicted octanol–water partition coefficient (Wildman–Crippen LogP) is 2.89. The van der Waals surface area contributed by atoms with Gasteiger partial charge in [0.25, 0.3) is 0 Å². The van der Waals surface area contributed by atoms with Crippen LogP contribution in [-0.4, -0.2) is 7.11 Å². The van der Waals surface area contributed by atoms with Gasteiger partial charge in [0.05, 0.1) is 13.4 Å². The Bertz CT molecular complexity index is 94.9. The maximum absolute atomic E-state index is 4.75. The third-order valence-corrected chi connectivity index (χ3v) is 1.26. The molecule has 0 saturated carbocycles. The standard InChI is InChI=1S/C9H16O/c1-3-4-5-6-7-8-9-10-2/h3,8-9H,1,4-7H2,2H3. The topological polar surface area (TPSA) is 9.23 Å². The molecule has 0 N–H and O–H groups in total. The lowest BCUT2D eigenvalue weighted by atomic mass is 10.2. The van der Waals surface area contributed by atoms with Crippen LogP contribution in [0.5, 0.6) is 0 Å². The second kappa shape index (κ2) is 8.28. The minimum Gasteiger partial charge on any atom is -0.505 e. The van der Waals surface area contributed by atoms with Crippen molar-refractivity contribution in [2.75, 3.05) is 7.11 Å². The highest BCUT2D eigenvalue weighted by Gasteiger charge is 1.81. The molecule has 0 bridgehead atoms. The Labute approximate surface area is 63.4 Å². The summed E-state index contributed by atoms with van der Waals surface area (Å²) in [6, 6.07) is 0. The minimum absolute atomic E-state index is 1.11. The molecule has 0 aromatic heterocycles. The lowest BCUT2D eigenvalue weighted by molar-refractivity contribution is 0.336. The van der Waals surface area contributed by atoms with Gasteiger partial charge in [-0.2, -0.15) is 0 Å². The van der Waals surface area contributed by atoms with Crippen LogP contribution < -0.4 is 0 Å². The van der Waals surface area contributed by atoms with Crippen molar-refractivity contribution in [3.05, 3.63) is 25.0 Å². The van der Waals surface area contributed by atoms with E-state index < -0.39 is 0 Å². The van der Waals surface area contributed by atoms with Crippen molar-refractivity contribution >= 4 is 0 Å². The molecular formula is C9H16O. The molecular weight excluding hydrogens is 124 g/mol. The fourth-order valence-corrected chi connectivity index (χ4v) is 0.715. The minimum atomic E-state index is 1.11. The quantitative estimate of drug-likeness (QED) is 0.313. The lowest BCUT2D eigenvalue weighted by Gasteiger charge is -1.91. The summed E-state index contributed by atoms with van der Waals surface area (Å²) >= 11 is 0. The van der Waals surface area contributed by atoms with Gasteiger partial charge in [-0.25, -0.2) is 0 Å². The fourth-order valence-electron chi connectivity index (χ4n) is 0.715. The smallest absolute Gasteiger partial charge is 0.0784 e. The Morgan fingerprint density at radius 2 is 2.00 bits per heavy atom. The Morgan fingerprint density at radius 3 is 2.60 bits per heavy atom. The molecule has 0 radical (unpaired) electrons. The number of methoxy groups -OCH3 is 1. The van der Waals surface area contributed by atoms with E-state index in [1.807, 2.05) is 12.2 Å². The highest BCUT2D eigenvalue weighted by Crippen LogP contribution is 2.00. The molecule has 0 heterocycles. The molecule has 0 saturated heterocycles. The molecule has 0 atom stereocenters. The largest absolute Gasteiger partial charge is 0.505 e. The summed E-state index contributed by atoms with van der Waals surface area (Å²) in [5.41, 5.74) is 0. The Kier molecular flexibility index (Phi) is 7.68. The van der Waals surface area contributed by atoms with Gasteiger partial charge in [-0.15, -0.1) is 6.58 Å². The van der Waals surface area contributed by atoms with Gasteiger partial charge >= 0.3 is 0 Å². The summed E-state index contributed by atoms with van der Waals surface area (Å²) in [5.74, 6) is 0. The van der Waals surface area contributed by atoms with Crippen LogP contribution in [0.4, 0.5) is 0 Å². The molecule has 1 heteroatoms. The van der Waals surface area contributed by atoms with Gasteiger partial charge in [-0.1, -0.05) is 6.08 Å². The van der Waals surface area contributed by atoms with Crippen molar-refractivity contribution in [2.24, 2.45) is 0 Å². The first-order chi connectivity index (χ1) is 4.91. The zero-order valence-corrected chi connectivity index (χ0v) is 6.68. The number of rotatable bonds is 6. The van der Waals surface area contributed by atoms with Crippen LogP contribution in [0.15, 0.2) is 25.0 Å². The molecule has 0 unspecified atom stereocenters. The third kappa shape index (κ3) is 7.28. The molecule has 0 amide bonds. The number of hydrogen-bond acceptors (Lipinski definition) is 1. The molecule has 0 aromatic carbocycles. The van der Waals surface area contributed by atoms with Crippen molar-refractivity contribution in [3.63, 3.8) is 0 Å². The van der Waals surface area contributed by atoms with Crippen molar-refractivity contribution in [3.8, 4) is 0 Å². The number of unbranched alkanes of at least 4 members (excludes halogenated alkanes) is 3. The fraction of sp³-hybridized carbons (Fsp3) is 0.556. The molecule has 0 aliphatic rings. The van der Waals surface area contributed by atoms with Gasteiger partial charge in [-0.05, 0) is 31.8 Å². The van der Waals surface area contributed by atoms with Crippen LogP contribution >= 0.6 is 0 Å². The molecule has 58 valence electrons. The predicted molar refractivity (Wildman–Crippen MR) is 44.8 cm³/mol. The zero-order valence-electron chi connectivity index (χ0n) is 6.68. The SMILES string of the molecule is C=CCCCCC=COC. The van der Waals surface area contributed by atoms with Crippen molar-refractivity contribution in [2.45, 2.75) is 25.7 Å². The summed E-state index contributed by atoms with van der Waals surface area (Å²) in [5, 5.41) is 0. The van der Waals surface area contributed by atoms with E-state index in [0.29, 0.717) is 0 Å². The van der Waals surface area contributed by atoms with Gasteiger partial charge in [0.2, 0.25) is 0 Å². The van der Waals surface area contributed by atoms with E-state index in [2.05, 4.69) is 6.58 Å². The normalized spacial score (nSPS) is 10.1. The second-order valence-electron chi connectivity index (χ2n) is 2.18. The molecule has 0 spiro atoms. The van der Waals surface area contributed by atoms with Gasteiger partial charge < -0.3 is 4.74 Å². The van der Waals surface area contributed by atoms with Crippen molar-refractivity contribution in [1.29, 1.82) is 0 Å². The van der Waals surface area contributed by atoms with Gasteiger partial charge in [0.1, 0.15) is 0 Å². The van der Waals surface area contributed by atoms with Crippen molar-refractivity contribution < 1.29 is 4.74 Å². The highest BCUT2D eigenvalue weighted by molar-refractivity contribution is 4.74. The van der Waals surface area contributed by atoms with E-state index in [1.54, 1.807) is 13.4 Å². The maximum atomic E-state index is 4.75. The summed E-state index contributed by atoms with van der Waals surface area (Å²) in [7, 11) is 1.67. The van der Waals surface area contributed by atoms with E-state index in [0.717, 1.165) is 12.8 Å². The van der Waals surface area contributed by atoms with Crippen LogP contribution in [0.3, 0.4) is 0 Å². The second-order valence-corrected chi connectivity index (χ2v) is 2.18. The van der Waals surface area contributed by atoms with E-state index in [-0.39, 0.29) is 0 Å². The first kappa shape index (κ1) is 9.28. The van der Waals surface area contributed by atoms with E-state index >= 15 is 0 Å². The van der Waals surface area contributed by atoms with E-state index in [4.69, 9.17) is 4.74 Å². The molecule has 1 nitrogen and oxygen atoms in total. The highest BCUT2D eigenvalue weighted by atomic mass is 16.5. The summed E-state index contributed by atoms with van der Waals surface area (Å²) < 4.78 is 4.75.